The monoisotopic (exact) mass is 355 g/mol. The van der Waals surface area contributed by atoms with Gasteiger partial charge in [-0.25, -0.2) is 12.8 Å². The van der Waals surface area contributed by atoms with Crippen molar-refractivity contribution in [3.8, 4) is 0 Å². The van der Waals surface area contributed by atoms with Gasteiger partial charge in [0.05, 0.1) is 10.9 Å². The number of aromatic nitrogens is 2. The zero-order valence-corrected chi connectivity index (χ0v) is 14.0. The van der Waals surface area contributed by atoms with E-state index in [1.54, 1.807) is 0 Å². The van der Waals surface area contributed by atoms with Crippen LogP contribution in [-0.2, 0) is 21.4 Å². The molecule has 1 aromatic carbocycles. The second-order valence-corrected chi connectivity index (χ2v) is 7.31. The molecular weight excluding hydrogens is 337 g/mol. The molecule has 9 heteroatoms. The van der Waals surface area contributed by atoms with Crippen LogP contribution in [0.25, 0.3) is 0 Å². The molecule has 2 aromatic rings. The van der Waals surface area contributed by atoms with Gasteiger partial charge in [0.2, 0.25) is 10.0 Å². The van der Waals surface area contributed by atoms with E-state index in [4.69, 9.17) is 9.26 Å². The molecule has 2 heterocycles. The maximum Gasteiger partial charge on any atom is 0.252 e. The summed E-state index contributed by atoms with van der Waals surface area (Å²) in [6.07, 6.45) is 1.26. The van der Waals surface area contributed by atoms with Gasteiger partial charge in [-0.15, -0.1) is 0 Å². The van der Waals surface area contributed by atoms with E-state index < -0.39 is 21.9 Å². The third-order valence-electron chi connectivity index (χ3n) is 3.82. The molecule has 0 radical (unpaired) electrons. The topological polar surface area (TPSA) is 85.5 Å². The van der Waals surface area contributed by atoms with Crippen molar-refractivity contribution < 1.29 is 22.1 Å². The third-order valence-corrected chi connectivity index (χ3v) is 5.72. The van der Waals surface area contributed by atoms with Crippen LogP contribution in [0.2, 0.25) is 0 Å². The highest BCUT2D eigenvalue weighted by molar-refractivity contribution is 7.89. The molecule has 1 aliphatic heterocycles. The molecule has 3 rings (SSSR count). The summed E-state index contributed by atoms with van der Waals surface area (Å²) in [7, 11) is -3.83. The van der Waals surface area contributed by atoms with Crippen LogP contribution in [0.1, 0.15) is 37.5 Å². The van der Waals surface area contributed by atoms with Gasteiger partial charge in [0.1, 0.15) is 12.4 Å². The van der Waals surface area contributed by atoms with Crippen molar-refractivity contribution in [3.63, 3.8) is 0 Å². The number of benzene rings is 1. The van der Waals surface area contributed by atoms with Crippen LogP contribution in [0, 0.1) is 5.82 Å². The Morgan fingerprint density at radius 1 is 1.46 bits per heavy atom. The van der Waals surface area contributed by atoms with Crippen molar-refractivity contribution >= 4 is 10.0 Å². The van der Waals surface area contributed by atoms with Crippen LogP contribution in [0.4, 0.5) is 4.39 Å². The van der Waals surface area contributed by atoms with Gasteiger partial charge in [-0.1, -0.05) is 11.2 Å². The molecule has 0 amide bonds. The smallest absolute Gasteiger partial charge is 0.252 e. The molecule has 0 bridgehead atoms. The summed E-state index contributed by atoms with van der Waals surface area (Å²) in [6.45, 7) is 2.88. The van der Waals surface area contributed by atoms with E-state index in [0.29, 0.717) is 37.7 Å². The minimum Gasteiger partial charge on any atom is -0.372 e. The van der Waals surface area contributed by atoms with Crippen LogP contribution in [0.15, 0.2) is 33.7 Å². The lowest BCUT2D eigenvalue weighted by atomic mass is 10.2. The lowest BCUT2D eigenvalue weighted by molar-refractivity contribution is 0.109. The molecule has 1 aromatic heterocycles. The van der Waals surface area contributed by atoms with Gasteiger partial charge in [-0.2, -0.15) is 9.29 Å². The van der Waals surface area contributed by atoms with Crippen molar-refractivity contribution in [2.45, 2.75) is 37.3 Å². The number of nitrogens with zero attached hydrogens (tertiary/aromatic N) is 3. The molecule has 1 fully saturated rings. The van der Waals surface area contributed by atoms with E-state index in [2.05, 4.69) is 10.1 Å². The Morgan fingerprint density at radius 2 is 2.29 bits per heavy atom. The molecule has 1 saturated heterocycles. The van der Waals surface area contributed by atoms with Gasteiger partial charge in [0, 0.05) is 13.2 Å². The molecule has 0 N–H and O–H groups in total. The lowest BCUT2D eigenvalue weighted by Crippen LogP contribution is -2.31. The van der Waals surface area contributed by atoms with Crippen LogP contribution in [0.3, 0.4) is 0 Å². The van der Waals surface area contributed by atoms with E-state index in [1.807, 2.05) is 6.92 Å². The number of sulfonamides is 1. The molecule has 0 aliphatic carbocycles. The van der Waals surface area contributed by atoms with Gasteiger partial charge in [-0.3, -0.25) is 0 Å². The second kappa shape index (κ2) is 6.96. The number of rotatable bonds is 6. The van der Waals surface area contributed by atoms with E-state index >= 15 is 0 Å². The Bertz CT molecular complexity index is 809. The first-order valence-corrected chi connectivity index (χ1v) is 9.14. The Hall–Kier alpha value is -1.84. The number of hydrogen-bond acceptors (Lipinski definition) is 6. The van der Waals surface area contributed by atoms with Gasteiger partial charge in [0.15, 0.2) is 5.82 Å². The van der Waals surface area contributed by atoms with Crippen LogP contribution >= 0.6 is 0 Å². The minimum atomic E-state index is -3.83. The van der Waals surface area contributed by atoms with Crippen molar-refractivity contribution in [2.24, 2.45) is 0 Å². The molecule has 1 atom stereocenters. The summed E-state index contributed by atoms with van der Waals surface area (Å²) in [6, 6.07) is 4.46. The summed E-state index contributed by atoms with van der Waals surface area (Å²) in [5.41, 5.74) is 0. The van der Waals surface area contributed by atoms with Crippen molar-refractivity contribution in [3.05, 3.63) is 41.8 Å². The second-order valence-electron chi connectivity index (χ2n) is 5.41. The maximum absolute atomic E-state index is 13.4. The first-order valence-electron chi connectivity index (χ1n) is 7.70. The van der Waals surface area contributed by atoms with Gasteiger partial charge in [0.25, 0.3) is 5.89 Å². The molecule has 130 valence electrons. The first-order chi connectivity index (χ1) is 11.5. The molecule has 24 heavy (non-hydrogen) atoms. The quantitative estimate of drug-likeness (QED) is 0.790. The van der Waals surface area contributed by atoms with Gasteiger partial charge < -0.3 is 9.26 Å². The van der Waals surface area contributed by atoms with E-state index in [9.17, 15) is 12.8 Å². The SMILES string of the molecule is CCOCc1nc([C@@H]2CCCN2S(=O)(=O)c2cccc(F)c2)no1. The molecule has 0 spiro atoms. The minimum absolute atomic E-state index is 0.0764. The van der Waals surface area contributed by atoms with Crippen molar-refractivity contribution in [1.29, 1.82) is 0 Å². The van der Waals surface area contributed by atoms with E-state index in [0.717, 1.165) is 6.07 Å². The number of hydrogen-bond donors (Lipinski definition) is 0. The standard InChI is InChI=1S/C15H18FN3O4S/c1-2-22-10-14-17-15(18-23-14)13-7-4-8-19(13)24(20,21)12-6-3-5-11(16)9-12/h3,5-6,9,13H,2,4,7-8,10H2,1H3/t13-/m0/s1. The number of halogens is 1. The Labute approximate surface area is 139 Å². The Morgan fingerprint density at radius 3 is 3.04 bits per heavy atom. The van der Waals surface area contributed by atoms with E-state index in [1.165, 1.54) is 22.5 Å². The molecule has 0 unspecified atom stereocenters. The first kappa shape index (κ1) is 17.0. The van der Waals surface area contributed by atoms with Crippen molar-refractivity contribution in [1.82, 2.24) is 14.4 Å². The Kier molecular flexibility index (Phi) is 4.93. The van der Waals surface area contributed by atoms with Crippen LogP contribution < -0.4 is 0 Å². The molecule has 1 aliphatic rings. The predicted octanol–water partition coefficient (Wildman–Crippen LogP) is 2.27. The number of ether oxygens (including phenoxy) is 1. The zero-order valence-electron chi connectivity index (χ0n) is 13.2. The fraction of sp³-hybridized carbons (Fsp3) is 0.467. The largest absolute Gasteiger partial charge is 0.372 e. The molecular formula is C15H18FN3O4S. The molecule has 7 nitrogen and oxygen atoms in total. The average Bonchev–Trinajstić information content (AvgIpc) is 3.22. The van der Waals surface area contributed by atoms with Gasteiger partial charge >= 0.3 is 0 Å². The molecule has 0 saturated carbocycles. The van der Waals surface area contributed by atoms with Crippen LogP contribution in [-0.4, -0.2) is 36.0 Å². The highest BCUT2D eigenvalue weighted by atomic mass is 32.2. The fourth-order valence-electron chi connectivity index (χ4n) is 2.70. The Balaban J connectivity index is 1.86. The van der Waals surface area contributed by atoms with Crippen molar-refractivity contribution in [2.75, 3.05) is 13.2 Å². The zero-order chi connectivity index (χ0) is 17.2. The summed E-state index contributed by atoms with van der Waals surface area (Å²) in [5.74, 6) is 0.0226. The fourth-order valence-corrected chi connectivity index (χ4v) is 4.39. The summed E-state index contributed by atoms with van der Waals surface area (Å²) in [4.78, 5) is 4.15. The highest BCUT2D eigenvalue weighted by Crippen LogP contribution is 2.35. The lowest BCUT2D eigenvalue weighted by Gasteiger charge is -2.21. The summed E-state index contributed by atoms with van der Waals surface area (Å²) < 4.78 is 50.6. The van der Waals surface area contributed by atoms with Crippen LogP contribution in [0.5, 0.6) is 0 Å². The van der Waals surface area contributed by atoms with Gasteiger partial charge in [-0.05, 0) is 38.0 Å². The highest BCUT2D eigenvalue weighted by Gasteiger charge is 2.38. The maximum atomic E-state index is 13.4. The third kappa shape index (κ3) is 3.33. The predicted molar refractivity (Wildman–Crippen MR) is 81.9 cm³/mol. The average molecular weight is 355 g/mol. The summed E-state index contributed by atoms with van der Waals surface area (Å²) >= 11 is 0. The summed E-state index contributed by atoms with van der Waals surface area (Å²) in [5, 5.41) is 3.88. The van der Waals surface area contributed by atoms with E-state index in [-0.39, 0.29) is 11.5 Å². The normalized spacial score (nSPS) is 19.0.